The molecule has 1 aromatic heterocycles. The molecule has 2 amide bonds. The lowest BCUT2D eigenvalue weighted by Gasteiger charge is -2.44. The molecule has 0 saturated carbocycles. The highest BCUT2D eigenvalue weighted by Crippen LogP contribution is 2.36. The Morgan fingerprint density at radius 3 is 2.54 bits per heavy atom. The van der Waals surface area contributed by atoms with Crippen LogP contribution in [0.2, 0.25) is 0 Å². The Labute approximate surface area is 221 Å². The first-order valence-electron chi connectivity index (χ1n) is 12.6. The van der Waals surface area contributed by atoms with E-state index in [1.54, 1.807) is 46.6 Å². The molecule has 10 nitrogen and oxygen atoms in total. The van der Waals surface area contributed by atoms with Gasteiger partial charge in [0.05, 0.1) is 28.9 Å². The summed E-state index contributed by atoms with van der Waals surface area (Å²) in [5.41, 5.74) is 1.12. The molecule has 3 heterocycles. The van der Waals surface area contributed by atoms with Crippen LogP contribution in [0, 0.1) is 10.1 Å². The maximum Gasteiger partial charge on any atom is 0.274 e. The third-order valence-corrected chi connectivity index (χ3v) is 8.04. The number of nitro benzene ring substituents is 1. The van der Waals surface area contributed by atoms with Crippen molar-refractivity contribution in [2.24, 2.45) is 7.05 Å². The zero-order chi connectivity index (χ0) is 27.0. The monoisotopic (exact) mass is 528 g/mol. The SMILES string of the molecule is CSCCC1NC2(CCN(C(=O)c3cc(C(C)(C)C)nn3C)CC2)N(Cc2ccccc2[N+](=O)[O-])C1=O. The van der Waals surface area contributed by atoms with Gasteiger partial charge >= 0.3 is 0 Å². The number of nitrogens with zero attached hydrogens (tertiary/aromatic N) is 5. The third-order valence-electron chi connectivity index (χ3n) is 7.40. The van der Waals surface area contributed by atoms with E-state index < -0.39 is 10.6 Å². The van der Waals surface area contributed by atoms with Gasteiger partial charge in [-0.2, -0.15) is 16.9 Å². The molecule has 0 bridgehead atoms. The summed E-state index contributed by atoms with van der Waals surface area (Å²) < 4.78 is 1.64. The normalized spacial score (nSPS) is 19.6. The van der Waals surface area contributed by atoms with E-state index in [2.05, 4.69) is 31.2 Å². The van der Waals surface area contributed by atoms with Gasteiger partial charge < -0.3 is 9.80 Å². The molecule has 2 aliphatic rings. The number of carbonyl (C=O) groups is 2. The molecule has 1 atom stereocenters. The molecule has 4 rings (SSSR count). The zero-order valence-electron chi connectivity index (χ0n) is 22.2. The van der Waals surface area contributed by atoms with Crippen LogP contribution in [-0.4, -0.2) is 73.1 Å². The zero-order valence-corrected chi connectivity index (χ0v) is 23.0. The van der Waals surface area contributed by atoms with Gasteiger partial charge in [0.25, 0.3) is 11.6 Å². The minimum absolute atomic E-state index is 0.0106. The Bertz CT molecular complexity index is 1180. The first-order valence-corrected chi connectivity index (χ1v) is 14.0. The molecule has 2 aliphatic heterocycles. The Hall–Kier alpha value is -2.92. The lowest BCUT2D eigenvalue weighted by atomic mass is 9.92. The second kappa shape index (κ2) is 10.4. The Morgan fingerprint density at radius 1 is 1.27 bits per heavy atom. The molecule has 2 saturated heterocycles. The molecule has 2 aromatic rings. The molecule has 1 N–H and O–H groups in total. The van der Waals surface area contributed by atoms with Gasteiger partial charge in [-0.25, -0.2) is 0 Å². The number of para-hydroxylation sites is 1. The van der Waals surface area contributed by atoms with E-state index in [-0.39, 0.29) is 35.5 Å². The summed E-state index contributed by atoms with van der Waals surface area (Å²) in [4.78, 5) is 41.8. The number of thioether (sulfide) groups is 1. The topological polar surface area (TPSA) is 114 Å². The number of piperidine rings is 1. The molecule has 37 heavy (non-hydrogen) atoms. The molecule has 1 aromatic carbocycles. The highest BCUT2D eigenvalue weighted by molar-refractivity contribution is 7.98. The number of aromatic nitrogens is 2. The van der Waals surface area contributed by atoms with Gasteiger partial charge in [0.2, 0.25) is 5.91 Å². The van der Waals surface area contributed by atoms with Gasteiger partial charge in [0.1, 0.15) is 5.69 Å². The Kier molecular flexibility index (Phi) is 7.66. The number of likely N-dealkylation sites (tertiary alicyclic amines) is 1. The molecule has 1 spiro atoms. The van der Waals surface area contributed by atoms with Crippen molar-refractivity contribution in [3.05, 3.63) is 57.4 Å². The summed E-state index contributed by atoms with van der Waals surface area (Å²) >= 11 is 1.68. The van der Waals surface area contributed by atoms with Gasteiger partial charge in [-0.3, -0.25) is 29.7 Å². The van der Waals surface area contributed by atoms with Crippen molar-refractivity contribution in [2.75, 3.05) is 25.1 Å². The van der Waals surface area contributed by atoms with Crippen LogP contribution in [0.3, 0.4) is 0 Å². The number of aryl methyl sites for hydroxylation is 1. The number of hydrogen-bond donors (Lipinski definition) is 1. The Morgan fingerprint density at radius 2 is 1.95 bits per heavy atom. The van der Waals surface area contributed by atoms with Crippen LogP contribution in [0.1, 0.15) is 61.8 Å². The maximum atomic E-state index is 13.5. The van der Waals surface area contributed by atoms with E-state index in [4.69, 9.17) is 0 Å². The van der Waals surface area contributed by atoms with Gasteiger partial charge in [0, 0.05) is 50.0 Å². The molecule has 0 aliphatic carbocycles. The average molecular weight is 529 g/mol. The van der Waals surface area contributed by atoms with Crippen molar-refractivity contribution in [1.82, 2.24) is 24.9 Å². The number of amides is 2. The second-order valence-electron chi connectivity index (χ2n) is 10.9. The summed E-state index contributed by atoms with van der Waals surface area (Å²) in [5, 5.41) is 19.8. The van der Waals surface area contributed by atoms with E-state index >= 15 is 0 Å². The van der Waals surface area contributed by atoms with Crippen molar-refractivity contribution in [3.63, 3.8) is 0 Å². The highest BCUT2D eigenvalue weighted by atomic mass is 32.2. The number of carbonyl (C=O) groups excluding carboxylic acids is 2. The van der Waals surface area contributed by atoms with Crippen molar-refractivity contribution in [2.45, 2.75) is 63.7 Å². The van der Waals surface area contributed by atoms with Gasteiger partial charge in [-0.05, 0) is 24.5 Å². The van der Waals surface area contributed by atoms with Gasteiger partial charge in [-0.1, -0.05) is 39.0 Å². The Balaban J connectivity index is 1.56. The van der Waals surface area contributed by atoms with Gasteiger partial charge in [-0.15, -0.1) is 0 Å². The highest BCUT2D eigenvalue weighted by Gasteiger charge is 2.52. The van der Waals surface area contributed by atoms with Crippen LogP contribution >= 0.6 is 11.8 Å². The fourth-order valence-electron chi connectivity index (χ4n) is 5.21. The third kappa shape index (κ3) is 5.38. The van der Waals surface area contributed by atoms with Crippen LogP contribution in [0.4, 0.5) is 5.69 Å². The van der Waals surface area contributed by atoms with Crippen LogP contribution in [-0.2, 0) is 23.8 Å². The summed E-state index contributed by atoms with van der Waals surface area (Å²) in [6.07, 6.45) is 3.78. The molecular formula is C26H36N6O4S. The minimum Gasteiger partial charge on any atom is -0.337 e. The summed E-state index contributed by atoms with van der Waals surface area (Å²) in [7, 11) is 1.79. The summed E-state index contributed by atoms with van der Waals surface area (Å²) in [5.74, 6) is 0.724. The molecular weight excluding hydrogens is 492 g/mol. The van der Waals surface area contributed by atoms with Crippen molar-refractivity contribution in [1.29, 1.82) is 0 Å². The standard InChI is InChI=1S/C26H36N6O4S/c1-25(2,3)22-16-21(29(4)28-22)24(34)30-13-11-26(12-14-30)27-19(10-15-37-5)23(33)31(26)17-18-8-6-7-9-20(18)32(35)36/h6-9,16,19,27H,10-15,17H2,1-5H3. The van der Waals surface area contributed by atoms with Crippen molar-refractivity contribution in [3.8, 4) is 0 Å². The maximum absolute atomic E-state index is 13.5. The number of nitro groups is 1. The minimum atomic E-state index is -0.649. The summed E-state index contributed by atoms with van der Waals surface area (Å²) in [6, 6.07) is 8.10. The predicted octanol–water partition coefficient (Wildman–Crippen LogP) is 3.31. The number of rotatable bonds is 7. The molecule has 200 valence electrons. The van der Waals surface area contributed by atoms with E-state index in [1.807, 2.05) is 17.2 Å². The lowest BCUT2D eigenvalue weighted by molar-refractivity contribution is -0.385. The van der Waals surface area contributed by atoms with Crippen molar-refractivity contribution < 1.29 is 14.5 Å². The lowest BCUT2D eigenvalue weighted by Crippen LogP contribution is -2.59. The fourth-order valence-corrected chi connectivity index (χ4v) is 5.68. The van der Waals surface area contributed by atoms with Crippen LogP contribution < -0.4 is 5.32 Å². The first-order chi connectivity index (χ1) is 17.5. The second-order valence-corrected chi connectivity index (χ2v) is 11.9. The molecule has 0 radical (unpaired) electrons. The number of benzene rings is 1. The average Bonchev–Trinajstić information content (AvgIpc) is 3.37. The molecule has 1 unspecified atom stereocenters. The fraction of sp³-hybridized carbons (Fsp3) is 0.577. The van der Waals surface area contributed by atoms with Gasteiger partial charge in [0.15, 0.2) is 0 Å². The van der Waals surface area contributed by atoms with E-state index in [1.165, 1.54) is 6.07 Å². The van der Waals surface area contributed by atoms with E-state index in [9.17, 15) is 19.7 Å². The number of hydrogen-bond acceptors (Lipinski definition) is 7. The number of nitrogens with one attached hydrogen (secondary N) is 1. The molecule has 11 heteroatoms. The van der Waals surface area contributed by atoms with Crippen LogP contribution in [0.5, 0.6) is 0 Å². The largest absolute Gasteiger partial charge is 0.337 e. The predicted molar refractivity (Wildman–Crippen MR) is 143 cm³/mol. The van der Waals surface area contributed by atoms with Crippen LogP contribution in [0.25, 0.3) is 0 Å². The van der Waals surface area contributed by atoms with Crippen LogP contribution in [0.15, 0.2) is 30.3 Å². The smallest absolute Gasteiger partial charge is 0.274 e. The summed E-state index contributed by atoms with van der Waals surface area (Å²) in [6.45, 7) is 7.29. The van der Waals surface area contributed by atoms with E-state index in [0.717, 1.165) is 11.4 Å². The first kappa shape index (κ1) is 27.1. The molecule has 2 fully saturated rings. The quantitative estimate of drug-likeness (QED) is 0.433. The van der Waals surface area contributed by atoms with Crippen molar-refractivity contribution >= 4 is 29.3 Å². The van der Waals surface area contributed by atoms with E-state index in [0.29, 0.717) is 43.6 Å².